The number of rotatable bonds is 10. The normalized spacial score (nSPS) is 13.6. The predicted octanol–water partition coefficient (Wildman–Crippen LogP) is 9.30. The van der Waals surface area contributed by atoms with E-state index < -0.39 is 93.8 Å². The Morgan fingerprint density at radius 2 is 1.27 bits per heavy atom. The third kappa shape index (κ3) is 8.20. The van der Waals surface area contributed by atoms with Crippen LogP contribution in [0.15, 0.2) is 78.9 Å². The second-order valence-corrected chi connectivity index (χ2v) is 10.4. The average molecular weight is 713 g/mol. The quantitative estimate of drug-likeness (QED) is 0.167. The highest BCUT2D eigenvalue weighted by Crippen LogP contribution is 2.41. The van der Waals surface area contributed by atoms with E-state index in [4.69, 9.17) is 4.74 Å². The maximum Gasteiger partial charge on any atom is 0.461 e. The van der Waals surface area contributed by atoms with Gasteiger partial charge in [-0.15, -0.1) is 0 Å². The number of ether oxygens (including phenoxy) is 2. The van der Waals surface area contributed by atoms with Crippen molar-refractivity contribution >= 4 is 5.91 Å². The van der Waals surface area contributed by atoms with E-state index in [9.17, 15) is 57.5 Å². The zero-order chi connectivity index (χ0) is 36.5. The molecule has 0 saturated carbocycles. The summed E-state index contributed by atoms with van der Waals surface area (Å²) >= 11 is 0. The molecule has 4 rings (SSSR count). The van der Waals surface area contributed by atoms with Gasteiger partial charge >= 0.3 is 24.9 Å². The summed E-state index contributed by atoms with van der Waals surface area (Å²) in [6.45, 7) is 0. The van der Waals surface area contributed by atoms with Gasteiger partial charge in [0.1, 0.15) is 29.0 Å². The fraction of sp³-hybridized carbons (Fsp3) is 0.219. The van der Waals surface area contributed by atoms with E-state index >= 15 is 4.39 Å². The number of hydrogen-bond acceptors (Lipinski definition) is 3. The van der Waals surface area contributed by atoms with Gasteiger partial charge in [0.25, 0.3) is 5.91 Å². The van der Waals surface area contributed by atoms with Crippen molar-refractivity contribution < 1.29 is 71.3 Å². The molecule has 1 atom stereocenters. The van der Waals surface area contributed by atoms with Crippen molar-refractivity contribution in [3.63, 3.8) is 0 Å². The molecule has 4 nitrogen and oxygen atoms in total. The van der Waals surface area contributed by atoms with Crippen molar-refractivity contribution in [2.24, 2.45) is 0 Å². The van der Waals surface area contributed by atoms with Gasteiger partial charge in [0, 0.05) is 18.1 Å². The van der Waals surface area contributed by atoms with Crippen LogP contribution in [0.2, 0.25) is 0 Å². The second kappa shape index (κ2) is 13.5. The topological polar surface area (TPSA) is 47.6 Å². The first kappa shape index (κ1) is 36.9. The number of hydrogen-bond donors (Lipinski definition) is 1. The Hall–Kier alpha value is -4.96. The SMILES string of the molecule is COc1ccc(C[C@](NC(=O)c2ccc(F)c(C(F)(F)F)c2)(c2cc(F)cc(OC(F)(F)C(F)F)c2)c2ccc(F)c(C(F)(F)F)c2)cc1. The van der Waals surface area contributed by atoms with Crippen LogP contribution >= 0.6 is 0 Å². The van der Waals surface area contributed by atoms with Crippen LogP contribution in [-0.2, 0) is 24.3 Å². The van der Waals surface area contributed by atoms with Gasteiger partial charge in [0.2, 0.25) is 0 Å². The molecule has 17 heteroatoms. The number of carbonyl (C=O) groups excluding carboxylic acids is 1. The Morgan fingerprint density at radius 1 is 0.694 bits per heavy atom. The highest BCUT2D eigenvalue weighted by Gasteiger charge is 2.45. The van der Waals surface area contributed by atoms with Gasteiger partial charge < -0.3 is 14.8 Å². The maximum absolute atomic E-state index is 15.1. The zero-order valence-electron chi connectivity index (χ0n) is 24.4. The van der Waals surface area contributed by atoms with Gasteiger partial charge in [-0.05, 0) is 71.3 Å². The van der Waals surface area contributed by atoms with Crippen LogP contribution in [0.3, 0.4) is 0 Å². The second-order valence-electron chi connectivity index (χ2n) is 10.4. The number of methoxy groups -OCH3 is 1. The number of alkyl halides is 10. The van der Waals surface area contributed by atoms with E-state index in [1.165, 1.54) is 31.4 Å². The summed E-state index contributed by atoms with van der Waals surface area (Å²) in [5, 5.41) is 2.19. The molecule has 0 aromatic heterocycles. The van der Waals surface area contributed by atoms with Crippen molar-refractivity contribution in [3.8, 4) is 11.5 Å². The summed E-state index contributed by atoms with van der Waals surface area (Å²) in [5.74, 6) is -7.76. The van der Waals surface area contributed by atoms with Crippen LogP contribution in [0, 0.1) is 17.5 Å². The summed E-state index contributed by atoms with van der Waals surface area (Å²) in [6, 6.07) is 8.45. The summed E-state index contributed by atoms with van der Waals surface area (Å²) in [5.41, 5.74) is -8.88. The molecule has 0 aliphatic rings. The third-order valence-corrected chi connectivity index (χ3v) is 7.13. The third-order valence-electron chi connectivity index (χ3n) is 7.13. The highest BCUT2D eigenvalue weighted by molar-refractivity contribution is 5.95. The van der Waals surface area contributed by atoms with Crippen LogP contribution in [0.4, 0.5) is 57.1 Å². The van der Waals surface area contributed by atoms with E-state index in [-0.39, 0.29) is 35.6 Å². The van der Waals surface area contributed by atoms with E-state index in [0.717, 1.165) is 0 Å². The molecule has 262 valence electrons. The van der Waals surface area contributed by atoms with E-state index in [2.05, 4.69) is 10.1 Å². The molecule has 0 spiro atoms. The molecular weight excluding hydrogens is 693 g/mol. The molecule has 1 amide bonds. The first-order valence-corrected chi connectivity index (χ1v) is 13.5. The van der Waals surface area contributed by atoms with E-state index in [0.29, 0.717) is 30.3 Å². The summed E-state index contributed by atoms with van der Waals surface area (Å²) in [4.78, 5) is 13.7. The molecule has 0 fully saturated rings. The molecule has 0 aliphatic carbocycles. The Labute approximate surface area is 268 Å². The minimum Gasteiger partial charge on any atom is -0.497 e. The fourth-order valence-electron chi connectivity index (χ4n) is 4.84. The minimum atomic E-state index is -5.40. The Kier molecular flexibility index (Phi) is 10.2. The molecule has 0 heterocycles. The molecule has 49 heavy (non-hydrogen) atoms. The summed E-state index contributed by atoms with van der Waals surface area (Å²) < 4.78 is 189. The first-order valence-electron chi connectivity index (χ1n) is 13.5. The first-order chi connectivity index (χ1) is 22.7. The molecule has 0 aliphatic heterocycles. The van der Waals surface area contributed by atoms with Crippen LogP contribution in [-0.4, -0.2) is 25.6 Å². The fourth-order valence-corrected chi connectivity index (χ4v) is 4.84. The Balaban J connectivity index is 2.06. The molecule has 0 radical (unpaired) electrons. The van der Waals surface area contributed by atoms with Gasteiger partial charge in [-0.3, -0.25) is 4.79 Å². The minimum absolute atomic E-state index is 0.0674. The lowest BCUT2D eigenvalue weighted by Crippen LogP contribution is -2.49. The molecule has 0 unspecified atom stereocenters. The number of carbonyl (C=O) groups is 1. The van der Waals surface area contributed by atoms with Gasteiger partial charge in [-0.1, -0.05) is 18.2 Å². The lowest BCUT2D eigenvalue weighted by atomic mass is 9.77. The largest absolute Gasteiger partial charge is 0.497 e. The van der Waals surface area contributed by atoms with E-state index in [1.54, 1.807) is 0 Å². The zero-order valence-corrected chi connectivity index (χ0v) is 24.4. The monoisotopic (exact) mass is 713 g/mol. The van der Waals surface area contributed by atoms with Crippen molar-refractivity contribution in [2.45, 2.75) is 36.8 Å². The van der Waals surface area contributed by atoms with Crippen molar-refractivity contribution in [1.82, 2.24) is 5.32 Å². The maximum atomic E-state index is 15.1. The standard InChI is InChI=1S/C32H20F13NO3/c1-48-21-6-2-16(3-7-21)15-29(18-5-9-26(35)24(13-18)31(41,42)43,19-11-20(33)14-22(12-19)49-32(44,45)28(36)37)46-27(47)17-4-8-25(34)23(10-17)30(38,39)40/h2-14,28H,15H2,1H3,(H,46,47)/t29-/m1/s1. The number of halogens is 13. The average Bonchev–Trinajstić information content (AvgIpc) is 2.99. The molecule has 4 aromatic rings. The van der Waals surface area contributed by atoms with Crippen LogP contribution in [0.5, 0.6) is 11.5 Å². The van der Waals surface area contributed by atoms with Crippen molar-refractivity contribution in [2.75, 3.05) is 7.11 Å². The predicted molar refractivity (Wildman–Crippen MR) is 146 cm³/mol. The molecule has 4 aromatic carbocycles. The molecule has 0 bridgehead atoms. The smallest absolute Gasteiger partial charge is 0.461 e. The molecule has 0 saturated heterocycles. The van der Waals surface area contributed by atoms with Crippen LogP contribution in [0.25, 0.3) is 0 Å². The number of amides is 1. The number of benzene rings is 4. The van der Waals surface area contributed by atoms with Gasteiger partial charge in [-0.2, -0.15) is 43.9 Å². The lowest BCUT2D eigenvalue weighted by molar-refractivity contribution is -0.253. The van der Waals surface area contributed by atoms with Crippen molar-refractivity contribution in [1.29, 1.82) is 0 Å². The number of nitrogens with one attached hydrogen (secondary N) is 1. The molecular formula is C32H20F13NO3. The van der Waals surface area contributed by atoms with Crippen molar-refractivity contribution in [3.05, 3.63) is 130 Å². The van der Waals surface area contributed by atoms with Crippen LogP contribution < -0.4 is 14.8 Å². The Morgan fingerprint density at radius 3 is 1.82 bits per heavy atom. The summed E-state index contributed by atoms with van der Waals surface area (Å²) in [6.07, 6.45) is -21.2. The lowest BCUT2D eigenvalue weighted by Gasteiger charge is -2.37. The van der Waals surface area contributed by atoms with Gasteiger partial charge in [-0.25, -0.2) is 13.2 Å². The summed E-state index contributed by atoms with van der Waals surface area (Å²) in [7, 11) is 1.28. The highest BCUT2D eigenvalue weighted by atomic mass is 19.4. The van der Waals surface area contributed by atoms with Gasteiger partial charge in [0.15, 0.2) is 0 Å². The van der Waals surface area contributed by atoms with Crippen LogP contribution in [0.1, 0.15) is 38.2 Å². The van der Waals surface area contributed by atoms with E-state index in [1.807, 2.05) is 0 Å². The molecule has 1 N–H and O–H groups in total. The van der Waals surface area contributed by atoms with Gasteiger partial charge in [0.05, 0.1) is 23.8 Å². The Bertz CT molecular complexity index is 1820.